The van der Waals surface area contributed by atoms with Crippen LogP contribution in [0.4, 0.5) is 0 Å². The number of fused-ring (bicyclic) bond motifs is 1. The summed E-state index contributed by atoms with van der Waals surface area (Å²) in [5.74, 6) is 0.175. The lowest BCUT2D eigenvalue weighted by atomic mass is 10.1. The van der Waals surface area contributed by atoms with E-state index in [1.807, 2.05) is 11.4 Å². The Morgan fingerprint density at radius 3 is 2.77 bits per heavy atom. The minimum absolute atomic E-state index is 0.175. The van der Waals surface area contributed by atoms with Gasteiger partial charge in [-0.1, -0.05) is 6.07 Å². The van der Waals surface area contributed by atoms with Crippen molar-refractivity contribution in [1.82, 2.24) is 9.55 Å². The number of carboxylic acids is 1. The van der Waals surface area contributed by atoms with Crippen molar-refractivity contribution in [2.75, 3.05) is 0 Å². The highest BCUT2D eigenvalue weighted by atomic mass is 32.1. The van der Waals surface area contributed by atoms with Crippen LogP contribution < -0.4 is 0 Å². The van der Waals surface area contributed by atoms with Crippen LogP contribution in [0.15, 0.2) is 29.6 Å². The summed E-state index contributed by atoms with van der Waals surface area (Å²) in [6.07, 6.45) is 0.778. The van der Waals surface area contributed by atoms with E-state index in [4.69, 9.17) is 10.1 Å². The van der Waals surface area contributed by atoms with Crippen molar-refractivity contribution in [1.29, 1.82) is 0 Å². The highest BCUT2D eigenvalue weighted by molar-refractivity contribution is 7.13. The maximum absolute atomic E-state index is 10.8. The van der Waals surface area contributed by atoms with Crippen molar-refractivity contribution < 1.29 is 9.90 Å². The summed E-state index contributed by atoms with van der Waals surface area (Å²) in [4.78, 5) is 16.7. The molecule has 0 aliphatic rings. The lowest BCUT2D eigenvalue weighted by molar-refractivity contribution is -0.137. The lowest BCUT2D eigenvalue weighted by Gasteiger charge is -2.08. The molecule has 0 atom stereocenters. The summed E-state index contributed by atoms with van der Waals surface area (Å²) >= 11 is 1.65. The van der Waals surface area contributed by atoms with Crippen molar-refractivity contribution in [2.24, 2.45) is 0 Å². The van der Waals surface area contributed by atoms with Gasteiger partial charge in [-0.05, 0) is 55.0 Å². The van der Waals surface area contributed by atoms with Crippen LogP contribution in [0.5, 0.6) is 0 Å². The van der Waals surface area contributed by atoms with Crippen LogP contribution in [0.1, 0.15) is 24.0 Å². The highest BCUT2D eigenvalue weighted by Gasteiger charge is 2.14. The van der Waals surface area contributed by atoms with E-state index in [2.05, 4.69) is 36.6 Å². The van der Waals surface area contributed by atoms with Crippen molar-refractivity contribution in [3.05, 3.63) is 40.8 Å². The quantitative estimate of drug-likeness (QED) is 0.766. The van der Waals surface area contributed by atoms with Gasteiger partial charge in [-0.15, -0.1) is 11.3 Å². The second-order valence-corrected chi connectivity index (χ2v) is 6.43. The third-order valence-electron chi connectivity index (χ3n) is 3.88. The average molecular weight is 314 g/mol. The second-order valence-electron chi connectivity index (χ2n) is 5.49. The molecule has 0 radical (unpaired) electrons. The molecule has 0 bridgehead atoms. The maximum Gasteiger partial charge on any atom is 0.303 e. The van der Waals surface area contributed by atoms with Gasteiger partial charge in [0.05, 0.1) is 15.9 Å². The number of hydrogen-bond acceptors (Lipinski definition) is 3. The number of aromatic nitrogens is 2. The Kier molecular flexibility index (Phi) is 3.98. The summed E-state index contributed by atoms with van der Waals surface area (Å²) in [7, 11) is 0. The molecule has 114 valence electrons. The van der Waals surface area contributed by atoms with Gasteiger partial charge < -0.3 is 9.67 Å². The van der Waals surface area contributed by atoms with E-state index in [1.54, 1.807) is 11.3 Å². The fourth-order valence-electron chi connectivity index (χ4n) is 2.59. The number of hydrogen-bond donors (Lipinski definition) is 1. The van der Waals surface area contributed by atoms with Crippen LogP contribution in [-0.2, 0) is 11.3 Å². The van der Waals surface area contributed by atoms with E-state index < -0.39 is 5.97 Å². The monoisotopic (exact) mass is 314 g/mol. The van der Waals surface area contributed by atoms with Gasteiger partial charge in [0.25, 0.3) is 0 Å². The molecule has 4 nitrogen and oxygen atoms in total. The summed E-state index contributed by atoms with van der Waals surface area (Å²) in [5, 5.41) is 10.9. The second kappa shape index (κ2) is 5.93. The number of carboxylic acid groups (broad SMARTS) is 1. The molecule has 2 heterocycles. The first-order valence-electron chi connectivity index (χ1n) is 7.29. The Bertz CT molecular complexity index is 819. The first-order chi connectivity index (χ1) is 10.6. The molecule has 0 spiro atoms. The normalized spacial score (nSPS) is 11.2. The van der Waals surface area contributed by atoms with Gasteiger partial charge in [-0.3, -0.25) is 4.79 Å². The van der Waals surface area contributed by atoms with Gasteiger partial charge in [-0.2, -0.15) is 0 Å². The molecule has 22 heavy (non-hydrogen) atoms. The Morgan fingerprint density at radius 1 is 1.32 bits per heavy atom. The number of imidazole rings is 1. The number of aliphatic carboxylic acids is 1. The van der Waals surface area contributed by atoms with Crippen LogP contribution in [-0.4, -0.2) is 20.6 Å². The van der Waals surface area contributed by atoms with Crippen LogP contribution in [0.3, 0.4) is 0 Å². The average Bonchev–Trinajstić information content (AvgIpc) is 3.08. The third kappa shape index (κ3) is 2.76. The smallest absolute Gasteiger partial charge is 0.303 e. The lowest BCUT2D eigenvalue weighted by Crippen LogP contribution is -2.03. The maximum atomic E-state index is 10.8. The van der Waals surface area contributed by atoms with Gasteiger partial charge in [0, 0.05) is 13.0 Å². The van der Waals surface area contributed by atoms with Crippen molar-refractivity contribution in [3.8, 4) is 10.7 Å². The Morgan fingerprint density at radius 2 is 2.09 bits per heavy atom. The number of thiophene rings is 1. The van der Waals surface area contributed by atoms with Gasteiger partial charge >= 0.3 is 5.97 Å². The third-order valence-corrected chi connectivity index (χ3v) is 4.74. The zero-order valence-electron chi connectivity index (χ0n) is 12.7. The number of rotatable bonds is 5. The molecule has 1 N–H and O–H groups in total. The summed E-state index contributed by atoms with van der Waals surface area (Å²) in [6.45, 7) is 4.84. The topological polar surface area (TPSA) is 55.1 Å². The summed E-state index contributed by atoms with van der Waals surface area (Å²) in [6, 6.07) is 8.32. The van der Waals surface area contributed by atoms with Gasteiger partial charge in [0.1, 0.15) is 0 Å². The molecule has 2 aromatic heterocycles. The van der Waals surface area contributed by atoms with Crippen molar-refractivity contribution >= 4 is 28.3 Å². The minimum Gasteiger partial charge on any atom is -0.481 e. The molecule has 0 unspecified atom stereocenters. The molecular formula is C17H18N2O2S. The molecule has 1 aromatic carbocycles. The molecule has 5 heteroatoms. The molecule has 0 amide bonds. The number of benzene rings is 1. The van der Waals surface area contributed by atoms with Gasteiger partial charge in [0.2, 0.25) is 0 Å². The van der Waals surface area contributed by atoms with E-state index >= 15 is 0 Å². The number of aryl methyl sites for hydroxylation is 3. The fourth-order valence-corrected chi connectivity index (χ4v) is 3.31. The van der Waals surface area contributed by atoms with E-state index in [0.717, 1.165) is 21.7 Å². The SMILES string of the molecule is Cc1cc2nc(-c3cccs3)n(CCCC(=O)O)c2cc1C. The molecule has 0 saturated heterocycles. The zero-order chi connectivity index (χ0) is 15.7. The zero-order valence-corrected chi connectivity index (χ0v) is 13.5. The van der Waals surface area contributed by atoms with Crippen molar-refractivity contribution in [2.45, 2.75) is 33.2 Å². The molecule has 3 rings (SSSR count). The van der Waals surface area contributed by atoms with Crippen LogP contribution in [0, 0.1) is 13.8 Å². The Balaban J connectivity index is 2.09. The molecule has 0 fully saturated rings. The first kappa shape index (κ1) is 14.8. The predicted molar refractivity (Wildman–Crippen MR) is 89.4 cm³/mol. The summed E-state index contributed by atoms with van der Waals surface area (Å²) < 4.78 is 2.15. The summed E-state index contributed by atoms with van der Waals surface area (Å²) in [5.41, 5.74) is 4.50. The number of nitrogens with zero attached hydrogens (tertiary/aromatic N) is 2. The molecule has 0 aliphatic carbocycles. The van der Waals surface area contributed by atoms with Gasteiger partial charge in [0.15, 0.2) is 5.82 Å². The minimum atomic E-state index is -0.755. The molecule has 3 aromatic rings. The molecule has 0 saturated carbocycles. The Hall–Kier alpha value is -2.14. The first-order valence-corrected chi connectivity index (χ1v) is 8.17. The largest absolute Gasteiger partial charge is 0.481 e. The van der Waals surface area contributed by atoms with E-state index in [-0.39, 0.29) is 6.42 Å². The standard InChI is InChI=1S/C17H18N2O2S/c1-11-9-13-14(10-12(11)2)19(7-3-6-16(20)21)17(18-13)15-5-4-8-22-15/h4-5,8-10H,3,6-7H2,1-2H3,(H,20,21). The van der Waals surface area contributed by atoms with Gasteiger partial charge in [-0.25, -0.2) is 4.98 Å². The predicted octanol–water partition coefficient (Wildman–Crippen LogP) is 4.25. The fraction of sp³-hybridized carbons (Fsp3) is 0.294. The molecular weight excluding hydrogens is 296 g/mol. The van der Waals surface area contributed by atoms with Crippen molar-refractivity contribution in [3.63, 3.8) is 0 Å². The highest BCUT2D eigenvalue weighted by Crippen LogP contribution is 2.30. The molecule has 0 aliphatic heterocycles. The van der Waals surface area contributed by atoms with Crippen LogP contribution in [0.2, 0.25) is 0 Å². The van der Waals surface area contributed by atoms with Crippen LogP contribution in [0.25, 0.3) is 21.7 Å². The van der Waals surface area contributed by atoms with Crippen LogP contribution >= 0.6 is 11.3 Å². The van der Waals surface area contributed by atoms with E-state index in [1.165, 1.54) is 11.1 Å². The Labute approximate surface area is 133 Å². The van der Waals surface area contributed by atoms with E-state index in [0.29, 0.717) is 13.0 Å². The number of carbonyl (C=O) groups is 1. The van der Waals surface area contributed by atoms with E-state index in [9.17, 15) is 4.79 Å².